The van der Waals surface area contributed by atoms with Gasteiger partial charge in [0, 0.05) is 16.8 Å². The molecule has 7 nitrogen and oxygen atoms in total. The number of ether oxygens (including phenoxy) is 3. The largest absolute Gasteiger partial charge is 0.490 e. The van der Waals surface area contributed by atoms with Gasteiger partial charge in [0.05, 0.1) is 38.6 Å². The maximum Gasteiger partial charge on any atom is 0.252 e. The molecule has 0 radical (unpaired) electrons. The standard InChI is InChI=1S/C27H33N3O4/c1-4-32-24-15-20(16-25(33-5-2)26(24)34-6-3)27(31)29-22-13-10-14-23-21(22)17-28-30(23)18-19-11-8-7-9-12-19/h7-9,11-12,15-17,22H,4-6,10,13-14,18H2,1-3H3,(H,29,31). The summed E-state index contributed by atoms with van der Waals surface area (Å²) in [6, 6.07) is 13.7. The summed E-state index contributed by atoms with van der Waals surface area (Å²) in [4.78, 5) is 13.3. The zero-order chi connectivity index (χ0) is 23.9. The van der Waals surface area contributed by atoms with Crippen molar-refractivity contribution >= 4 is 5.91 Å². The van der Waals surface area contributed by atoms with E-state index in [0.29, 0.717) is 42.6 Å². The monoisotopic (exact) mass is 463 g/mol. The van der Waals surface area contributed by atoms with Crippen LogP contribution in [0.2, 0.25) is 0 Å². The van der Waals surface area contributed by atoms with Crippen LogP contribution in [0.15, 0.2) is 48.7 Å². The molecular formula is C27H33N3O4. The second-order valence-electron chi connectivity index (χ2n) is 8.21. The van der Waals surface area contributed by atoms with Gasteiger partial charge in [-0.05, 0) is 57.7 Å². The van der Waals surface area contributed by atoms with Crippen molar-refractivity contribution in [2.24, 2.45) is 0 Å². The molecule has 180 valence electrons. The summed E-state index contributed by atoms with van der Waals surface area (Å²) in [5.41, 5.74) is 3.98. The van der Waals surface area contributed by atoms with Crippen molar-refractivity contribution in [2.75, 3.05) is 19.8 Å². The molecule has 1 amide bonds. The van der Waals surface area contributed by atoms with Gasteiger partial charge in [-0.3, -0.25) is 9.48 Å². The summed E-state index contributed by atoms with van der Waals surface area (Å²) >= 11 is 0. The van der Waals surface area contributed by atoms with Gasteiger partial charge in [-0.1, -0.05) is 30.3 Å². The zero-order valence-electron chi connectivity index (χ0n) is 20.2. The van der Waals surface area contributed by atoms with Crippen LogP contribution in [0.25, 0.3) is 0 Å². The summed E-state index contributed by atoms with van der Waals surface area (Å²) in [6.07, 6.45) is 4.73. The molecule has 0 spiro atoms. The quantitative estimate of drug-likeness (QED) is 0.461. The number of hydrogen-bond acceptors (Lipinski definition) is 5. The minimum absolute atomic E-state index is 0.0848. The number of benzene rings is 2. The Morgan fingerprint density at radius 3 is 2.35 bits per heavy atom. The first-order valence-electron chi connectivity index (χ1n) is 12.1. The summed E-state index contributed by atoms with van der Waals surface area (Å²) in [7, 11) is 0. The number of nitrogens with one attached hydrogen (secondary N) is 1. The normalized spacial score (nSPS) is 14.9. The summed E-state index contributed by atoms with van der Waals surface area (Å²) in [6.45, 7) is 7.84. The van der Waals surface area contributed by atoms with Gasteiger partial charge in [-0.15, -0.1) is 0 Å². The van der Waals surface area contributed by atoms with Crippen LogP contribution in [0.5, 0.6) is 17.2 Å². The first-order chi connectivity index (χ1) is 16.6. The molecule has 0 saturated heterocycles. The SMILES string of the molecule is CCOc1cc(C(=O)NC2CCCc3c2cnn3Cc2ccccc2)cc(OCC)c1OCC. The molecule has 1 aromatic heterocycles. The minimum Gasteiger partial charge on any atom is -0.490 e. The predicted molar refractivity (Wildman–Crippen MR) is 131 cm³/mol. The third-order valence-corrected chi connectivity index (χ3v) is 5.91. The lowest BCUT2D eigenvalue weighted by Crippen LogP contribution is -2.31. The number of fused-ring (bicyclic) bond motifs is 1. The second kappa shape index (κ2) is 11.1. The van der Waals surface area contributed by atoms with Gasteiger partial charge >= 0.3 is 0 Å². The van der Waals surface area contributed by atoms with E-state index in [4.69, 9.17) is 14.2 Å². The number of carbonyl (C=O) groups excluding carboxylic acids is 1. The predicted octanol–water partition coefficient (Wildman–Crippen LogP) is 4.93. The van der Waals surface area contributed by atoms with E-state index >= 15 is 0 Å². The van der Waals surface area contributed by atoms with E-state index < -0.39 is 0 Å². The molecule has 0 saturated carbocycles. The topological polar surface area (TPSA) is 74.6 Å². The van der Waals surface area contributed by atoms with E-state index in [9.17, 15) is 4.79 Å². The molecule has 0 bridgehead atoms. The number of amides is 1. The molecule has 1 atom stereocenters. The smallest absolute Gasteiger partial charge is 0.252 e. The maximum atomic E-state index is 13.3. The molecule has 3 aromatic rings. The highest BCUT2D eigenvalue weighted by atomic mass is 16.5. The zero-order valence-corrected chi connectivity index (χ0v) is 20.2. The molecule has 0 aliphatic heterocycles. The van der Waals surface area contributed by atoms with E-state index in [-0.39, 0.29) is 11.9 Å². The molecule has 34 heavy (non-hydrogen) atoms. The Labute approximate surface area is 201 Å². The Balaban J connectivity index is 1.57. The molecule has 1 unspecified atom stereocenters. The average Bonchev–Trinajstić information content (AvgIpc) is 3.25. The second-order valence-corrected chi connectivity index (χ2v) is 8.21. The molecule has 1 aliphatic rings. The van der Waals surface area contributed by atoms with Crippen molar-refractivity contribution in [1.82, 2.24) is 15.1 Å². The van der Waals surface area contributed by atoms with Crippen molar-refractivity contribution in [3.05, 3.63) is 71.0 Å². The Morgan fingerprint density at radius 2 is 1.71 bits per heavy atom. The number of rotatable bonds is 10. The summed E-state index contributed by atoms with van der Waals surface area (Å²) in [5, 5.41) is 7.86. The molecule has 1 N–H and O–H groups in total. The van der Waals surface area contributed by atoms with E-state index in [2.05, 4.69) is 27.2 Å². The van der Waals surface area contributed by atoms with Crippen LogP contribution in [0.3, 0.4) is 0 Å². The fourth-order valence-electron chi connectivity index (χ4n) is 4.42. The third-order valence-electron chi connectivity index (χ3n) is 5.91. The highest BCUT2D eigenvalue weighted by Crippen LogP contribution is 2.39. The number of hydrogen-bond donors (Lipinski definition) is 1. The van der Waals surface area contributed by atoms with Crippen molar-refractivity contribution in [1.29, 1.82) is 0 Å². The first-order valence-corrected chi connectivity index (χ1v) is 12.1. The van der Waals surface area contributed by atoms with Gasteiger partial charge in [-0.25, -0.2) is 0 Å². The molecule has 0 fully saturated rings. The van der Waals surface area contributed by atoms with E-state index in [1.165, 1.54) is 11.3 Å². The molecular weight excluding hydrogens is 430 g/mol. The maximum absolute atomic E-state index is 13.3. The summed E-state index contributed by atoms with van der Waals surface area (Å²) in [5.74, 6) is 1.39. The Bertz CT molecular complexity index is 1080. The van der Waals surface area contributed by atoms with Gasteiger partial charge in [-0.2, -0.15) is 5.10 Å². The molecule has 7 heteroatoms. The van der Waals surface area contributed by atoms with Gasteiger partial charge in [0.1, 0.15) is 0 Å². The van der Waals surface area contributed by atoms with Gasteiger partial charge in [0.25, 0.3) is 5.91 Å². The van der Waals surface area contributed by atoms with Crippen LogP contribution >= 0.6 is 0 Å². The van der Waals surface area contributed by atoms with Gasteiger partial charge in [0.2, 0.25) is 5.75 Å². The highest BCUT2D eigenvalue weighted by Gasteiger charge is 2.27. The summed E-state index contributed by atoms with van der Waals surface area (Å²) < 4.78 is 19.4. The van der Waals surface area contributed by atoms with Crippen LogP contribution < -0.4 is 19.5 Å². The van der Waals surface area contributed by atoms with Crippen molar-refractivity contribution in [2.45, 2.75) is 52.6 Å². The fourth-order valence-corrected chi connectivity index (χ4v) is 4.42. The van der Waals surface area contributed by atoms with Gasteiger partial charge < -0.3 is 19.5 Å². The number of aromatic nitrogens is 2. The van der Waals surface area contributed by atoms with Crippen molar-refractivity contribution in [3.63, 3.8) is 0 Å². The van der Waals surface area contributed by atoms with Crippen LogP contribution in [0, 0.1) is 0 Å². The van der Waals surface area contributed by atoms with Gasteiger partial charge in [0.15, 0.2) is 11.5 Å². The van der Waals surface area contributed by atoms with E-state index in [0.717, 1.165) is 31.4 Å². The average molecular weight is 464 g/mol. The van der Waals surface area contributed by atoms with Crippen molar-refractivity contribution < 1.29 is 19.0 Å². The molecule has 2 aromatic carbocycles. The third kappa shape index (κ3) is 5.19. The first kappa shape index (κ1) is 23.7. The molecule has 1 heterocycles. The Kier molecular flexibility index (Phi) is 7.72. The minimum atomic E-state index is -0.168. The number of nitrogens with zero attached hydrogens (tertiary/aromatic N) is 2. The lowest BCUT2D eigenvalue weighted by Gasteiger charge is -2.25. The van der Waals surface area contributed by atoms with Crippen LogP contribution in [-0.4, -0.2) is 35.5 Å². The molecule has 4 rings (SSSR count). The van der Waals surface area contributed by atoms with E-state index in [1.807, 2.05) is 45.2 Å². The Morgan fingerprint density at radius 1 is 1.03 bits per heavy atom. The molecule has 1 aliphatic carbocycles. The number of carbonyl (C=O) groups is 1. The lowest BCUT2D eigenvalue weighted by atomic mass is 9.92. The fraction of sp³-hybridized carbons (Fsp3) is 0.407. The lowest BCUT2D eigenvalue weighted by molar-refractivity contribution is 0.0931. The van der Waals surface area contributed by atoms with Crippen LogP contribution in [-0.2, 0) is 13.0 Å². The van der Waals surface area contributed by atoms with Crippen LogP contribution in [0.4, 0.5) is 0 Å². The van der Waals surface area contributed by atoms with Crippen LogP contribution in [0.1, 0.15) is 66.8 Å². The Hall–Kier alpha value is -3.48. The van der Waals surface area contributed by atoms with Crippen molar-refractivity contribution in [3.8, 4) is 17.2 Å². The van der Waals surface area contributed by atoms with E-state index in [1.54, 1.807) is 12.1 Å². The highest BCUT2D eigenvalue weighted by molar-refractivity contribution is 5.96.